The Hall–Kier alpha value is -0.570. The third-order valence-electron chi connectivity index (χ3n) is 3.97. The third-order valence-corrected chi connectivity index (χ3v) is 3.97. The van der Waals surface area contributed by atoms with Gasteiger partial charge in [0.1, 0.15) is 12.1 Å². The average molecular weight is 239 g/mol. The highest BCUT2D eigenvalue weighted by Crippen LogP contribution is 2.39. The average Bonchev–Trinajstić information content (AvgIpc) is 2.65. The topological polar surface area (TPSA) is 38.3 Å². The van der Waals surface area contributed by atoms with Crippen LogP contribution in [-0.2, 0) is 9.53 Å². The lowest BCUT2D eigenvalue weighted by molar-refractivity contribution is -0.155. The molecule has 17 heavy (non-hydrogen) atoms. The second-order valence-electron chi connectivity index (χ2n) is 6.62. The fraction of sp³-hybridized carbons (Fsp3) is 0.929. The molecular formula is C14H25NO2. The predicted molar refractivity (Wildman–Crippen MR) is 67.7 cm³/mol. The van der Waals surface area contributed by atoms with E-state index in [0.717, 1.165) is 32.2 Å². The molecule has 1 N–H and O–H groups in total. The summed E-state index contributed by atoms with van der Waals surface area (Å²) in [5.41, 5.74) is 0.311. The van der Waals surface area contributed by atoms with Gasteiger partial charge in [0.2, 0.25) is 0 Å². The normalized spacial score (nSPS) is 36.8. The van der Waals surface area contributed by atoms with Gasteiger partial charge in [-0.25, -0.2) is 0 Å². The quantitative estimate of drug-likeness (QED) is 0.752. The van der Waals surface area contributed by atoms with Crippen LogP contribution in [0.25, 0.3) is 0 Å². The van der Waals surface area contributed by atoms with E-state index in [9.17, 15) is 4.79 Å². The molecule has 1 saturated heterocycles. The lowest BCUT2D eigenvalue weighted by atomic mass is 9.71. The fourth-order valence-electron chi connectivity index (χ4n) is 3.48. The van der Waals surface area contributed by atoms with Gasteiger partial charge in [0.25, 0.3) is 0 Å². The highest BCUT2D eigenvalue weighted by Gasteiger charge is 2.35. The molecule has 0 amide bonds. The maximum atomic E-state index is 11.9. The lowest BCUT2D eigenvalue weighted by Crippen LogP contribution is -2.39. The van der Waals surface area contributed by atoms with Crippen molar-refractivity contribution in [3.8, 4) is 0 Å². The van der Waals surface area contributed by atoms with Crippen molar-refractivity contribution in [2.75, 3.05) is 6.54 Å². The first-order chi connectivity index (χ1) is 7.96. The molecule has 3 unspecified atom stereocenters. The molecule has 1 aliphatic heterocycles. The summed E-state index contributed by atoms with van der Waals surface area (Å²) < 4.78 is 5.68. The Labute approximate surface area is 104 Å². The first kappa shape index (κ1) is 12.9. The van der Waals surface area contributed by atoms with Crippen molar-refractivity contribution < 1.29 is 9.53 Å². The van der Waals surface area contributed by atoms with Crippen LogP contribution in [0, 0.1) is 11.3 Å². The number of esters is 1. The summed E-state index contributed by atoms with van der Waals surface area (Å²) in [4.78, 5) is 11.9. The number of nitrogens with one attached hydrogen (secondary N) is 1. The molecule has 2 aliphatic rings. The zero-order valence-corrected chi connectivity index (χ0v) is 11.3. The van der Waals surface area contributed by atoms with Crippen LogP contribution in [0.1, 0.15) is 52.9 Å². The summed E-state index contributed by atoms with van der Waals surface area (Å²) in [6.45, 7) is 7.76. The minimum atomic E-state index is -0.0460. The Morgan fingerprint density at radius 1 is 1.35 bits per heavy atom. The molecule has 0 bridgehead atoms. The van der Waals surface area contributed by atoms with E-state index in [1.165, 1.54) is 6.42 Å². The molecule has 2 rings (SSSR count). The van der Waals surface area contributed by atoms with E-state index in [0.29, 0.717) is 11.3 Å². The second-order valence-corrected chi connectivity index (χ2v) is 6.62. The van der Waals surface area contributed by atoms with Crippen LogP contribution in [0.5, 0.6) is 0 Å². The fourth-order valence-corrected chi connectivity index (χ4v) is 3.48. The Kier molecular flexibility index (Phi) is 3.76. The Balaban J connectivity index is 1.87. The molecule has 1 heterocycles. The van der Waals surface area contributed by atoms with E-state index in [1.807, 2.05) is 0 Å². The van der Waals surface area contributed by atoms with E-state index in [-0.39, 0.29) is 18.1 Å². The molecule has 0 spiro atoms. The maximum Gasteiger partial charge on any atom is 0.323 e. The molecule has 0 radical (unpaired) electrons. The third kappa shape index (κ3) is 3.44. The van der Waals surface area contributed by atoms with Crippen molar-refractivity contribution in [1.82, 2.24) is 5.32 Å². The van der Waals surface area contributed by atoms with Crippen molar-refractivity contribution in [3.05, 3.63) is 0 Å². The van der Waals surface area contributed by atoms with Gasteiger partial charge < -0.3 is 10.1 Å². The van der Waals surface area contributed by atoms with Crippen LogP contribution >= 0.6 is 0 Å². The van der Waals surface area contributed by atoms with Gasteiger partial charge in [0, 0.05) is 0 Å². The number of ether oxygens (including phenoxy) is 1. The van der Waals surface area contributed by atoms with Gasteiger partial charge >= 0.3 is 5.97 Å². The van der Waals surface area contributed by atoms with Gasteiger partial charge in [-0.05, 0) is 50.0 Å². The molecule has 3 atom stereocenters. The van der Waals surface area contributed by atoms with Crippen LogP contribution < -0.4 is 5.32 Å². The standard InChI is InChI=1S/C14H25NO2/c1-10-7-11(9-14(2,3)8-10)17-13(16)12-5-4-6-15-12/h10-12,15H,4-9H2,1-3H3. The molecule has 2 fully saturated rings. The summed E-state index contributed by atoms with van der Waals surface area (Å²) in [6.07, 6.45) is 5.43. The summed E-state index contributed by atoms with van der Waals surface area (Å²) in [6, 6.07) is -0.0460. The minimum absolute atomic E-state index is 0.0302. The van der Waals surface area contributed by atoms with Gasteiger partial charge in [0.05, 0.1) is 0 Å². The van der Waals surface area contributed by atoms with Crippen molar-refractivity contribution >= 4 is 5.97 Å². The SMILES string of the molecule is CC1CC(OC(=O)C2CCCN2)CC(C)(C)C1. The summed E-state index contributed by atoms with van der Waals surface area (Å²) in [5, 5.41) is 3.20. The molecule has 98 valence electrons. The van der Waals surface area contributed by atoms with E-state index >= 15 is 0 Å². The number of carbonyl (C=O) groups is 1. The minimum Gasteiger partial charge on any atom is -0.461 e. The van der Waals surface area contributed by atoms with Gasteiger partial charge in [-0.15, -0.1) is 0 Å². The van der Waals surface area contributed by atoms with Crippen molar-refractivity contribution in [3.63, 3.8) is 0 Å². The van der Waals surface area contributed by atoms with Crippen LogP contribution in [0.2, 0.25) is 0 Å². The summed E-state index contributed by atoms with van der Waals surface area (Å²) in [7, 11) is 0. The van der Waals surface area contributed by atoms with Crippen LogP contribution in [0.4, 0.5) is 0 Å². The summed E-state index contributed by atoms with van der Waals surface area (Å²) in [5.74, 6) is 0.630. The Morgan fingerprint density at radius 2 is 2.12 bits per heavy atom. The van der Waals surface area contributed by atoms with Crippen LogP contribution in [0.15, 0.2) is 0 Å². The van der Waals surface area contributed by atoms with Crippen molar-refractivity contribution in [2.24, 2.45) is 11.3 Å². The molecule has 0 aromatic heterocycles. The highest BCUT2D eigenvalue weighted by molar-refractivity contribution is 5.76. The van der Waals surface area contributed by atoms with E-state index < -0.39 is 0 Å². The van der Waals surface area contributed by atoms with E-state index in [2.05, 4.69) is 26.1 Å². The molecule has 1 aliphatic carbocycles. The zero-order chi connectivity index (χ0) is 12.5. The van der Waals surface area contributed by atoms with Gasteiger partial charge in [-0.1, -0.05) is 20.8 Å². The lowest BCUT2D eigenvalue weighted by Gasteiger charge is -2.38. The molecule has 1 saturated carbocycles. The van der Waals surface area contributed by atoms with Crippen LogP contribution in [0.3, 0.4) is 0 Å². The number of hydrogen-bond acceptors (Lipinski definition) is 3. The Bertz CT molecular complexity index is 282. The van der Waals surface area contributed by atoms with Gasteiger partial charge in [-0.3, -0.25) is 4.79 Å². The largest absolute Gasteiger partial charge is 0.461 e. The van der Waals surface area contributed by atoms with Gasteiger partial charge in [-0.2, -0.15) is 0 Å². The van der Waals surface area contributed by atoms with E-state index in [4.69, 9.17) is 4.74 Å². The van der Waals surface area contributed by atoms with Crippen molar-refractivity contribution in [2.45, 2.75) is 65.0 Å². The molecule has 3 heteroatoms. The molecule has 3 nitrogen and oxygen atoms in total. The van der Waals surface area contributed by atoms with Gasteiger partial charge in [0.15, 0.2) is 0 Å². The monoisotopic (exact) mass is 239 g/mol. The zero-order valence-electron chi connectivity index (χ0n) is 11.3. The van der Waals surface area contributed by atoms with E-state index in [1.54, 1.807) is 0 Å². The smallest absolute Gasteiger partial charge is 0.323 e. The Morgan fingerprint density at radius 3 is 2.71 bits per heavy atom. The first-order valence-electron chi connectivity index (χ1n) is 6.90. The number of rotatable bonds is 2. The molecular weight excluding hydrogens is 214 g/mol. The maximum absolute atomic E-state index is 11.9. The number of hydrogen-bond donors (Lipinski definition) is 1. The second kappa shape index (κ2) is 4.97. The molecule has 0 aromatic carbocycles. The summed E-state index contributed by atoms with van der Waals surface area (Å²) >= 11 is 0. The van der Waals surface area contributed by atoms with Crippen LogP contribution in [-0.4, -0.2) is 24.7 Å². The first-order valence-corrected chi connectivity index (χ1v) is 6.90. The number of carbonyl (C=O) groups excluding carboxylic acids is 1. The highest BCUT2D eigenvalue weighted by atomic mass is 16.5. The molecule has 0 aromatic rings. The van der Waals surface area contributed by atoms with Crippen molar-refractivity contribution in [1.29, 1.82) is 0 Å². The predicted octanol–water partition coefficient (Wildman–Crippen LogP) is 2.50.